The second-order valence-corrected chi connectivity index (χ2v) is 6.13. The second-order valence-electron chi connectivity index (χ2n) is 5.21. The minimum atomic E-state index is -1.10. The number of carboxylic acid groups (broad SMARTS) is 1. The molecular formula is C16H14BrNO4. The molecule has 114 valence electrons. The normalized spacial score (nSPS) is 17.7. The highest BCUT2D eigenvalue weighted by Crippen LogP contribution is 2.33. The number of likely N-dealkylation sites (tertiary alicyclic amines) is 1. The van der Waals surface area contributed by atoms with Crippen LogP contribution in [0.25, 0.3) is 0 Å². The topological polar surface area (TPSA) is 70.7 Å². The molecule has 1 fully saturated rings. The Kier molecular flexibility index (Phi) is 4.02. The molecule has 2 aromatic rings. The van der Waals surface area contributed by atoms with Crippen LogP contribution in [0.2, 0.25) is 0 Å². The Hall–Kier alpha value is -2.08. The molecule has 2 heterocycles. The molecule has 1 aliphatic rings. The standard InChI is InChI=1S/C16H14BrNO4/c17-12-5-3-10(4-6-12)13-2-1-7-18(13)15(19)14-8-11(9-22-14)16(20)21/h3-6,8-9,13H,1-2,7H2,(H,20,21). The van der Waals surface area contributed by atoms with Gasteiger partial charge in [0.2, 0.25) is 0 Å². The molecule has 1 aromatic heterocycles. The molecule has 3 rings (SSSR count). The van der Waals surface area contributed by atoms with Crippen LogP contribution >= 0.6 is 15.9 Å². The van der Waals surface area contributed by atoms with Gasteiger partial charge in [-0.15, -0.1) is 0 Å². The largest absolute Gasteiger partial charge is 0.478 e. The van der Waals surface area contributed by atoms with E-state index >= 15 is 0 Å². The number of rotatable bonds is 3. The molecule has 0 aliphatic carbocycles. The molecule has 5 nitrogen and oxygen atoms in total. The number of benzene rings is 1. The Bertz CT molecular complexity index is 707. The number of amides is 1. The van der Waals surface area contributed by atoms with Crippen LogP contribution in [0.15, 0.2) is 45.5 Å². The number of halogens is 1. The van der Waals surface area contributed by atoms with Gasteiger partial charge in [0, 0.05) is 17.1 Å². The van der Waals surface area contributed by atoms with Gasteiger partial charge in [0.25, 0.3) is 5.91 Å². The van der Waals surface area contributed by atoms with Crippen LogP contribution in [0.5, 0.6) is 0 Å². The van der Waals surface area contributed by atoms with Crippen molar-refractivity contribution in [3.05, 3.63) is 58.0 Å². The first kappa shape index (κ1) is 14.8. The van der Waals surface area contributed by atoms with Crippen LogP contribution in [0.1, 0.15) is 45.4 Å². The van der Waals surface area contributed by atoms with Crippen LogP contribution < -0.4 is 0 Å². The number of aromatic carboxylic acids is 1. The summed E-state index contributed by atoms with van der Waals surface area (Å²) in [7, 11) is 0. The van der Waals surface area contributed by atoms with E-state index in [1.165, 1.54) is 6.07 Å². The Morgan fingerprint density at radius 1 is 1.27 bits per heavy atom. The highest BCUT2D eigenvalue weighted by Gasteiger charge is 2.32. The number of carbonyl (C=O) groups excluding carboxylic acids is 1. The van der Waals surface area contributed by atoms with Gasteiger partial charge in [-0.3, -0.25) is 4.79 Å². The van der Waals surface area contributed by atoms with Gasteiger partial charge in [-0.2, -0.15) is 0 Å². The lowest BCUT2D eigenvalue weighted by Gasteiger charge is -2.24. The van der Waals surface area contributed by atoms with E-state index in [2.05, 4.69) is 15.9 Å². The summed E-state index contributed by atoms with van der Waals surface area (Å²) in [5, 5.41) is 8.91. The number of furan rings is 1. The van der Waals surface area contributed by atoms with Gasteiger partial charge >= 0.3 is 5.97 Å². The molecule has 1 amide bonds. The maximum Gasteiger partial charge on any atom is 0.338 e. The maximum absolute atomic E-state index is 12.6. The molecule has 1 unspecified atom stereocenters. The maximum atomic E-state index is 12.6. The number of carboxylic acids is 1. The molecule has 22 heavy (non-hydrogen) atoms. The monoisotopic (exact) mass is 363 g/mol. The van der Waals surface area contributed by atoms with Crippen LogP contribution in [-0.2, 0) is 0 Å². The SMILES string of the molecule is O=C(O)c1coc(C(=O)N2CCCC2c2ccc(Br)cc2)c1. The first-order valence-electron chi connectivity index (χ1n) is 6.94. The van der Waals surface area contributed by atoms with Crippen LogP contribution in [-0.4, -0.2) is 28.4 Å². The zero-order valence-electron chi connectivity index (χ0n) is 11.7. The van der Waals surface area contributed by atoms with E-state index in [1.54, 1.807) is 4.90 Å². The molecule has 1 N–H and O–H groups in total. The summed E-state index contributed by atoms with van der Waals surface area (Å²) in [5.74, 6) is -1.30. The fourth-order valence-corrected chi connectivity index (χ4v) is 3.01. The first-order chi connectivity index (χ1) is 10.6. The van der Waals surface area contributed by atoms with Gasteiger partial charge in [-0.05, 0) is 30.5 Å². The van der Waals surface area contributed by atoms with E-state index in [0.29, 0.717) is 6.54 Å². The van der Waals surface area contributed by atoms with Crippen LogP contribution in [0, 0.1) is 0 Å². The molecule has 0 bridgehead atoms. The summed E-state index contributed by atoms with van der Waals surface area (Å²) in [6.07, 6.45) is 2.90. The van der Waals surface area contributed by atoms with E-state index in [0.717, 1.165) is 29.1 Å². The average molecular weight is 364 g/mol. The van der Waals surface area contributed by atoms with E-state index in [4.69, 9.17) is 9.52 Å². The fourth-order valence-electron chi connectivity index (χ4n) is 2.74. The summed E-state index contributed by atoms with van der Waals surface area (Å²) in [4.78, 5) is 25.2. The van der Waals surface area contributed by atoms with E-state index in [-0.39, 0.29) is 23.3 Å². The smallest absolute Gasteiger partial charge is 0.338 e. The summed E-state index contributed by atoms with van der Waals surface area (Å²) in [5.41, 5.74) is 1.06. The van der Waals surface area contributed by atoms with Crippen molar-refractivity contribution in [3.8, 4) is 0 Å². The van der Waals surface area contributed by atoms with Crippen molar-refractivity contribution in [2.45, 2.75) is 18.9 Å². The van der Waals surface area contributed by atoms with Gasteiger partial charge < -0.3 is 14.4 Å². The van der Waals surface area contributed by atoms with Crippen molar-refractivity contribution in [2.75, 3.05) is 6.54 Å². The minimum absolute atomic E-state index is 0.000946. The van der Waals surface area contributed by atoms with Crippen molar-refractivity contribution >= 4 is 27.8 Å². The van der Waals surface area contributed by atoms with Crippen molar-refractivity contribution in [3.63, 3.8) is 0 Å². The molecule has 0 spiro atoms. The highest BCUT2D eigenvalue weighted by atomic mass is 79.9. The summed E-state index contributed by atoms with van der Waals surface area (Å²) < 4.78 is 6.11. The molecule has 1 aliphatic heterocycles. The van der Waals surface area contributed by atoms with Crippen LogP contribution in [0.4, 0.5) is 0 Å². The van der Waals surface area contributed by atoms with E-state index in [9.17, 15) is 9.59 Å². The third kappa shape index (κ3) is 2.78. The van der Waals surface area contributed by atoms with Crippen LogP contribution in [0.3, 0.4) is 0 Å². The first-order valence-corrected chi connectivity index (χ1v) is 7.74. The Morgan fingerprint density at radius 2 is 2.00 bits per heavy atom. The third-order valence-corrected chi connectivity index (χ3v) is 4.35. The summed E-state index contributed by atoms with van der Waals surface area (Å²) in [6, 6.07) is 9.16. The number of hydrogen-bond donors (Lipinski definition) is 1. The second kappa shape index (κ2) is 5.96. The van der Waals surface area contributed by atoms with Gasteiger partial charge in [-0.1, -0.05) is 28.1 Å². The predicted octanol–water partition coefficient (Wildman–Crippen LogP) is 3.72. The van der Waals surface area contributed by atoms with E-state index in [1.807, 2.05) is 24.3 Å². The molecule has 0 radical (unpaired) electrons. The number of hydrogen-bond acceptors (Lipinski definition) is 3. The van der Waals surface area contributed by atoms with Crippen molar-refractivity contribution in [1.29, 1.82) is 0 Å². The van der Waals surface area contributed by atoms with Gasteiger partial charge in [0.05, 0.1) is 11.6 Å². The number of nitrogens with zero attached hydrogens (tertiary/aromatic N) is 1. The Balaban J connectivity index is 1.84. The number of carbonyl (C=O) groups is 2. The minimum Gasteiger partial charge on any atom is -0.478 e. The highest BCUT2D eigenvalue weighted by molar-refractivity contribution is 9.10. The Labute approximate surface area is 135 Å². The average Bonchev–Trinajstić information content (AvgIpc) is 3.17. The zero-order chi connectivity index (χ0) is 15.7. The quantitative estimate of drug-likeness (QED) is 0.901. The lowest BCUT2D eigenvalue weighted by Crippen LogP contribution is -2.30. The molecule has 6 heteroatoms. The molecule has 1 saturated heterocycles. The summed E-state index contributed by atoms with van der Waals surface area (Å²) in [6.45, 7) is 0.642. The predicted molar refractivity (Wildman–Crippen MR) is 82.8 cm³/mol. The zero-order valence-corrected chi connectivity index (χ0v) is 13.2. The van der Waals surface area contributed by atoms with Crippen molar-refractivity contribution in [1.82, 2.24) is 4.90 Å². The van der Waals surface area contributed by atoms with Crippen molar-refractivity contribution in [2.24, 2.45) is 0 Å². The Morgan fingerprint density at radius 3 is 2.64 bits per heavy atom. The molecule has 1 aromatic carbocycles. The lowest BCUT2D eigenvalue weighted by molar-refractivity contribution is 0.0690. The van der Waals surface area contributed by atoms with Crippen molar-refractivity contribution < 1.29 is 19.1 Å². The van der Waals surface area contributed by atoms with Gasteiger partial charge in [0.15, 0.2) is 5.76 Å². The van der Waals surface area contributed by atoms with Gasteiger partial charge in [-0.25, -0.2) is 4.79 Å². The molecular weight excluding hydrogens is 350 g/mol. The van der Waals surface area contributed by atoms with E-state index < -0.39 is 5.97 Å². The molecule has 1 atom stereocenters. The molecule has 0 saturated carbocycles. The third-order valence-electron chi connectivity index (χ3n) is 3.83. The lowest BCUT2D eigenvalue weighted by atomic mass is 10.0. The van der Waals surface area contributed by atoms with Gasteiger partial charge in [0.1, 0.15) is 6.26 Å². The summed E-state index contributed by atoms with van der Waals surface area (Å²) >= 11 is 3.40. The fraction of sp³-hybridized carbons (Fsp3) is 0.250.